The highest BCUT2D eigenvalue weighted by molar-refractivity contribution is 7.89. The summed E-state index contributed by atoms with van der Waals surface area (Å²) < 4.78 is 28.7. The molecule has 9 heteroatoms. The molecule has 5 rings (SSSR count). The zero-order chi connectivity index (χ0) is 24.7. The van der Waals surface area contributed by atoms with E-state index in [4.69, 9.17) is 0 Å². The van der Waals surface area contributed by atoms with Crippen LogP contribution >= 0.6 is 0 Å². The highest BCUT2D eigenvalue weighted by Gasteiger charge is 2.42. The zero-order valence-corrected chi connectivity index (χ0v) is 21.1. The number of piperazine rings is 1. The van der Waals surface area contributed by atoms with Crippen LogP contribution in [0.3, 0.4) is 0 Å². The summed E-state index contributed by atoms with van der Waals surface area (Å²) in [5.41, 5.74) is 2.76. The molecule has 2 atom stereocenters. The largest absolute Gasteiger partial charge is 0.368 e. The Morgan fingerprint density at radius 2 is 1.66 bits per heavy atom. The molecular weight excluding hydrogens is 464 g/mol. The lowest BCUT2D eigenvalue weighted by Gasteiger charge is -2.38. The number of rotatable bonds is 4. The molecule has 0 saturated carbocycles. The van der Waals surface area contributed by atoms with Crippen LogP contribution in [0.5, 0.6) is 0 Å². The van der Waals surface area contributed by atoms with Gasteiger partial charge >= 0.3 is 0 Å². The van der Waals surface area contributed by atoms with Crippen molar-refractivity contribution in [2.24, 2.45) is 0 Å². The SMILES string of the molecule is CC(=O)N1c2ccc(S(=O)(=O)N3CCCC3C(=O)N3CCN(c4ccccc4)CC3)cc2CC1C. The lowest BCUT2D eigenvalue weighted by molar-refractivity contribution is -0.134. The molecule has 2 aromatic carbocycles. The first-order valence-electron chi connectivity index (χ1n) is 12.3. The third-order valence-corrected chi connectivity index (χ3v) is 9.32. The summed E-state index contributed by atoms with van der Waals surface area (Å²) in [4.78, 5) is 31.4. The molecule has 2 saturated heterocycles. The summed E-state index contributed by atoms with van der Waals surface area (Å²) in [6, 6.07) is 14.4. The number of amides is 2. The first kappa shape index (κ1) is 23.8. The molecule has 3 aliphatic heterocycles. The fourth-order valence-corrected chi connectivity index (χ4v) is 7.39. The van der Waals surface area contributed by atoms with E-state index in [1.807, 2.05) is 30.0 Å². The van der Waals surface area contributed by atoms with Gasteiger partial charge in [0.15, 0.2) is 0 Å². The number of carbonyl (C=O) groups is 2. The Kier molecular flexibility index (Phi) is 6.31. The van der Waals surface area contributed by atoms with Gasteiger partial charge in [-0.15, -0.1) is 0 Å². The van der Waals surface area contributed by atoms with E-state index >= 15 is 0 Å². The molecular formula is C26H32N4O4S. The zero-order valence-electron chi connectivity index (χ0n) is 20.3. The van der Waals surface area contributed by atoms with Gasteiger partial charge in [-0.2, -0.15) is 4.31 Å². The molecule has 2 fully saturated rings. The Bertz CT molecular complexity index is 1230. The minimum absolute atomic E-state index is 0.00359. The Balaban J connectivity index is 1.31. The van der Waals surface area contributed by atoms with Gasteiger partial charge in [-0.3, -0.25) is 9.59 Å². The van der Waals surface area contributed by atoms with Crippen LogP contribution in [0.1, 0.15) is 32.3 Å². The highest BCUT2D eigenvalue weighted by Crippen LogP contribution is 2.36. The van der Waals surface area contributed by atoms with E-state index in [1.54, 1.807) is 23.1 Å². The minimum atomic E-state index is -3.83. The first-order valence-corrected chi connectivity index (χ1v) is 13.7. The van der Waals surface area contributed by atoms with Crippen LogP contribution in [-0.2, 0) is 26.0 Å². The lowest BCUT2D eigenvalue weighted by atomic mass is 10.1. The van der Waals surface area contributed by atoms with Crippen molar-refractivity contribution in [1.29, 1.82) is 0 Å². The number of hydrogen-bond donors (Lipinski definition) is 0. The lowest BCUT2D eigenvalue weighted by Crippen LogP contribution is -2.54. The van der Waals surface area contributed by atoms with Gasteiger partial charge in [-0.25, -0.2) is 8.42 Å². The number of para-hydroxylation sites is 1. The summed E-state index contributed by atoms with van der Waals surface area (Å²) in [7, 11) is -3.83. The van der Waals surface area contributed by atoms with E-state index in [0.29, 0.717) is 38.9 Å². The fraction of sp³-hybridized carbons (Fsp3) is 0.462. The van der Waals surface area contributed by atoms with E-state index in [9.17, 15) is 18.0 Å². The van der Waals surface area contributed by atoms with E-state index in [-0.39, 0.29) is 22.8 Å². The van der Waals surface area contributed by atoms with Crippen LogP contribution in [0.2, 0.25) is 0 Å². The average Bonchev–Trinajstić information content (AvgIpc) is 3.48. The van der Waals surface area contributed by atoms with E-state index in [0.717, 1.165) is 30.0 Å². The van der Waals surface area contributed by atoms with Crippen molar-refractivity contribution in [1.82, 2.24) is 9.21 Å². The average molecular weight is 497 g/mol. The topological polar surface area (TPSA) is 81.2 Å². The number of fused-ring (bicyclic) bond motifs is 1. The van der Waals surface area contributed by atoms with Crippen molar-refractivity contribution < 1.29 is 18.0 Å². The molecule has 3 heterocycles. The monoisotopic (exact) mass is 496 g/mol. The summed E-state index contributed by atoms with van der Waals surface area (Å²) in [6.45, 7) is 6.44. The van der Waals surface area contributed by atoms with Crippen LogP contribution in [-0.4, -0.2) is 74.2 Å². The van der Waals surface area contributed by atoms with Gasteiger partial charge < -0.3 is 14.7 Å². The molecule has 2 amide bonds. The molecule has 0 N–H and O–H groups in total. The van der Waals surface area contributed by atoms with Gasteiger partial charge in [0, 0.05) is 57.1 Å². The Morgan fingerprint density at radius 1 is 0.943 bits per heavy atom. The minimum Gasteiger partial charge on any atom is -0.368 e. The molecule has 0 spiro atoms. The summed E-state index contributed by atoms with van der Waals surface area (Å²) in [5, 5.41) is 0. The molecule has 35 heavy (non-hydrogen) atoms. The van der Waals surface area contributed by atoms with Crippen LogP contribution < -0.4 is 9.80 Å². The number of anilines is 2. The van der Waals surface area contributed by atoms with Crippen LogP contribution in [0, 0.1) is 0 Å². The molecule has 2 unspecified atom stereocenters. The fourth-order valence-electron chi connectivity index (χ4n) is 5.69. The Hall–Kier alpha value is -2.91. The number of sulfonamides is 1. The second-order valence-corrected chi connectivity index (χ2v) is 11.5. The van der Waals surface area contributed by atoms with Crippen molar-refractivity contribution in [3.63, 3.8) is 0 Å². The molecule has 0 aromatic heterocycles. The van der Waals surface area contributed by atoms with Crippen LogP contribution in [0.4, 0.5) is 11.4 Å². The molecule has 2 aromatic rings. The van der Waals surface area contributed by atoms with Gasteiger partial charge in [0.1, 0.15) is 6.04 Å². The van der Waals surface area contributed by atoms with E-state index in [2.05, 4.69) is 17.0 Å². The quantitative estimate of drug-likeness (QED) is 0.650. The molecule has 186 valence electrons. The van der Waals surface area contributed by atoms with Crippen LogP contribution in [0.25, 0.3) is 0 Å². The summed E-state index contributed by atoms with van der Waals surface area (Å²) in [5.74, 6) is -0.152. The van der Waals surface area contributed by atoms with Gasteiger partial charge in [-0.05, 0) is 62.1 Å². The predicted molar refractivity (Wildman–Crippen MR) is 135 cm³/mol. The van der Waals surface area contributed by atoms with E-state index in [1.165, 1.54) is 11.2 Å². The van der Waals surface area contributed by atoms with Crippen molar-refractivity contribution in [3.8, 4) is 0 Å². The number of carbonyl (C=O) groups excluding carboxylic acids is 2. The smallest absolute Gasteiger partial charge is 0.243 e. The van der Waals surface area contributed by atoms with Gasteiger partial charge in [0.25, 0.3) is 0 Å². The third-order valence-electron chi connectivity index (χ3n) is 7.41. The molecule has 0 bridgehead atoms. The normalized spacial score (nSPS) is 23.0. The molecule has 0 radical (unpaired) electrons. The number of hydrogen-bond acceptors (Lipinski definition) is 5. The van der Waals surface area contributed by atoms with Crippen molar-refractivity contribution in [2.45, 2.75) is 50.1 Å². The molecule has 8 nitrogen and oxygen atoms in total. The number of benzene rings is 2. The highest BCUT2D eigenvalue weighted by atomic mass is 32.2. The maximum Gasteiger partial charge on any atom is 0.243 e. The molecule has 0 aliphatic carbocycles. The maximum absolute atomic E-state index is 13.6. The number of nitrogens with zero attached hydrogens (tertiary/aromatic N) is 4. The summed E-state index contributed by atoms with van der Waals surface area (Å²) in [6.07, 6.45) is 1.82. The van der Waals surface area contributed by atoms with Gasteiger partial charge in [0.05, 0.1) is 4.90 Å². The van der Waals surface area contributed by atoms with E-state index < -0.39 is 16.1 Å². The maximum atomic E-state index is 13.6. The van der Waals surface area contributed by atoms with Gasteiger partial charge in [-0.1, -0.05) is 18.2 Å². The van der Waals surface area contributed by atoms with Crippen molar-refractivity contribution >= 4 is 33.2 Å². The Morgan fingerprint density at radius 3 is 2.34 bits per heavy atom. The third kappa shape index (κ3) is 4.31. The van der Waals surface area contributed by atoms with Crippen LogP contribution in [0.15, 0.2) is 53.4 Å². The van der Waals surface area contributed by atoms with Crippen molar-refractivity contribution in [2.75, 3.05) is 42.5 Å². The Labute approximate surface area is 207 Å². The molecule has 3 aliphatic rings. The van der Waals surface area contributed by atoms with Gasteiger partial charge in [0.2, 0.25) is 21.8 Å². The summed E-state index contributed by atoms with van der Waals surface area (Å²) >= 11 is 0. The standard InChI is InChI=1S/C26H32N4O4S/c1-19-17-21-18-23(10-11-24(21)30(19)20(2)31)35(33,34)29-12-6-9-25(29)26(32)28-15-13-27(14-16-28)22-7-4-3-5-8-22/h3-5,7-8,10-11,18-19,25H,6,9,12-17H2,1-2H3. The van der Waals surface area contributed by atoms with Crippen molar-refractivity contribution in [3.05, 3.63) is 54.1 Å². The second kappa shape index (κ2) is 9.28. The predicted octanol–water partition coefficient (Wildman–Crippen LogP) is 2.49. The first-order chi connectivity index (χ1) is 16.8. The second-order valence-electron chi connectivity index (χ2n) is 9.65.